The van der Waals surface area contributed by atoms with Gasteiger partial charge in [0.15, 0.2) is 0 Å². The summed E-state index contributed by atoms with van der Waals surface area (Å²) in [6, 6.07) is 1.73. The highest BCUT2D eigenvalue weighted by atomic mass is 32.1. The molecule has 0 radical (unpaired) electrons. The SMILES string of the molecule is CC(C)(C)OC(=O)N1CCC[C@@H]1C(=O)N1CCc2sccc2C1. The number of ether oxygens (including phenoxy) is 1. The van der Waals surface area contributed by atoms with E-state index < -0.39 is 5.60 Å². The van der Waals surface area contributed by atoms with Gasteiger partial charge < -0.3 is 9.64 Å². The van der Waals surface area contributed by atoms with Crippen LogP contribution in [0.4, 0.5) is 4.79 Å². The fourth-order valence-corrected chi connectivity index (χ4v) is 4.10. The highest BCUT2D eigenvalue weighted by Gasteiger charge is 2.39. The minimum atomic E-state index is -0.538. The number of nitrogens with zero attached hydrogens (tertiary/aromatic N) is 2. The average molecular weight is 336 g/mol. The number of hydrogen-bond donors (Lipinski definition) is 0. The molecule has 0 aromatic carbocycles. The van der Waals surface area contributed by atoms with Gasteiger partial charge in [0.2, 0.25) is 5.91 Å². The van der Waals surface area contributed by atoms with Gasteiger partial charge in [0, 0.05) is 24.5 Å². The zero-order valence-electron chi connectivity index (χ0n) is 14.0. The summed E-state index contributed by atoms with van der Waals surface area (Å²) < 4.78 is 5.45. The topological polar surface area (TPSA) is 49.9 Å². The van der Waals surface area contributed by atoms with Crippen LogP contribution in [0.15, 0.2) is 11.4 Å². The Morgan fingerprint density at radius 2 is 2.09 bits per heavy atom. The molecule has 0 aliphatic carbocycles. The molecule has 0 saturated carbocycles. The molecule has 0 unspecified atom stereocenters. The number of carbonyl (C=O) groups excluding carboxylic acids is 2. The summed E-state index contributed by atoms with van der Waals surface area (Å²) in [5.74, 6) is 0.0604. The van der Waals surface area contributed by atoms with Crippen molar-refractivity contribution in [3.8, 4) is 0 Å². The van der Waals surface area contributed by atoms with Crippen molar-refractivity contribution in [1.29, 1.82) is 0 Å². The largest absolute Gasteiger partial charge is 0.444 e. The van der Waals surface area contributed by atoms with E-state index in [1.165, 1.54) is 10.4 Å². The van der Waals surface area contributed by atoms with Gasteiger partial charge >= 0.3 is 6.09 Å². The zero-order valence-corrected chi connectivity index (χ0v) is 14.8. The van der Waals surface area contributed by atoms with E-state index in [1.807, 2.05) is 25.7 Å². The molecule has 2 amide bonds. The number of rotatable bonds is 1. The molecular formula is C17H24N2O3S. The maximum absolute atomic E-state index is 12.9. The van der Waals surface area contributed by atoms with Crippen LogP contribution in [0.1, 0.15) is 44.1 Å². The van der Waals surface area contributed by atoms with Crippen molar-refractivity contribution in [2.75, 3.05) is 13.1 Å². The number of carbonyl (C=O) groups is 2. The Labute approximate surface area is 141 Å². The first-order valence-electron chi connectivity index (χ1n) is 8.19. The molecule has 1 aromatic rings. The predicted molar refractivity (Wildman–Crippen MR) is 89.4 cm³/mol. The molecule has 5 nitrogen and oxygen atoms in total. The standard InChI is InChI=1S/C17H24N2O3S/c1-17(2,3)22-16(21)19-8-4-5-13(19)15(20)18-9-6-14-12(11-18)7-10-23-14/h7,10,13H,4-6,8-9,11H2,1-3H3/t13-/m1/s1. The van der Waals surface area contributed by atoms with Crippen molar-refractivity contribution >= 4 is 23.3 Å². The predicted octanol–water partition coefficient (Wildman–Crippen LogP) is 3.03. The van der Waals surface area contributed by atoms with Gasteiger partial charge in [-0.05, 0) is 57.0 Å². The Kier molecular flexibility index (Phi) is 4.36. The summed E-state index contributed by atoms with van der Waals surface area (Å²) in [6.45, 7) is 7.55. The fourth-order valence-electron chi connectivity index (χ4n) is 3.21. The van der Waals surface area contributed by atoms with Gasteiger partial charge in [-0.15, -0.1) is 11.3 Å². The van der Waals surface area contributed by atoms with Crippen LogP contribution in [-0.4, -0.2) is 46.5 Å². The number of amides is 2. The van der Waals surface area contributed by atoms with E-state index in [1.54, 1.807) is 16.2 Å². The number of likely N-dealkylation sites (tertiary alicyclic amines) is 1. The van der Waals surface area contributed by atoms with E-state index >= 15 is 0 Å². The van der Waals surface area contributed by atoms with Crippen LogP contribution in [0.25, 0.3) is 0 Å². The van der Waals surface area contributed by atoms with Crippen molar-refractivity contribution in [2.24, 2.45) is 0 Å². The molecule has 3 rings (SSSR count). The summed E-state index contributed by atoms with van der Waals surface area (Å²) in [6.07, 6.45) is 2.12. The summed E-state index contributed by atoms with van der Waals surface area (Å²) in [7, 11) is 0. The molecule has 1 saturated heterocycles. The van der Waals surface area contributed by atoms with Gasteiger partial charge in [0.05, 0.1) is 0 Å². The van der Waals surface area contributed by atoms with Crippen LogP contribution in [0.2, 0.25) is 0 Å². The molecule has 126 valence electrons. The molecule has 2 aliphatic heterocycles. The molecule has 1 atom stereocenters. The third-order valence-electron chi connectivity index (χ3n) is 4.29. The second-order valence-electron chi connectivity index (χ2n) is 7.21. The number of fused-ring (bicyclic) bond motifs is 1. The van der Waals surface area contributed by atoms with Crippen LogP contribution >= 0.6 is 11.3 Å². The minimum absolute atomic E-state index is 0.0604. The molecule has 23 heavy (non-hydrogen) atoms. The van der Waals surface area contributed by atoms with Crippen LogP contribution in [0.5, 0.6) is 0 Å². The summed E-state index contributed by atoms with van der Waals surface area (Å²) in [4.78, 5) is 30.1. The third kappa shape index (κ3) is 3.52. The van der Waals surface area contributed by atoms with E-state index in [0.29, 0.717) is 13.1 Å². The highest BCUT2D eigenvalue weighted by Crippen LogP contribution is 2.27. The molecule has 0 N–H and O–H groups in total. The Hall–Kier alpha value is -1.56. The van der Waals surface area contributed by atoms with E-state index in [0.717, 1.165) is 25.8 Å². The third-order valence-corrected chi connectivity index (χ3v) is 5.31. The maximum atomic E-state index is 12.9. The molecule has 1 fully saturated rings. The number of hydrogen-bond acceptors (Lipinski definition) is 4. The van der Waals surface area contributed by atoms with Crippen LogP contribution in [0, 0.1) is 0 Å². The fraction of sp³-hybridized carbons (Fsp3) is 0.647. The second kappa shape index (κ2) is 6.15. The molecule has 3 heterocycles. The van der Waals surface area contributed by atoms with Crippen molar-refractivity contribution in [3.63, 3.8) is 0 Å². The quantitative estimate of drug-likeness (QED) is 0.792. The minimum Gasteiger partial charge on any atom is -0.444 e. The Bertz CT molecular complexity index is 605. The lowest BCUT2D eigenvalue weighted by Gasteiger charge is -2.33. The lowest BCUT2D eigenvalue weighted by molar-refractivity contribution is -0.136. The smallest absolute Gasteiger partial charge is 0.410 e. The van der Waals surface area contributed by atoms with Crippen molar-refractivity contribution in [3.05, 3.63) is 21.9 Å². The lowest BCUT2D eigenvalue weighted by atomic mass is 10.1. The van der Waals surface area contributed by atoms with Gasteiger partial charge in [-0.2, -0.15) is 0 Å². The maximum Gasteiger partial charge on any atom is 0.410 e. The first-order chi connectivity index (χ1) is 10.8. The van der Waals surface area contributed by atoms with Gasteiger partial charge in [0.1, 0.15) is 11.6 Å². The van der Waals surface area contributed by atoms with Crippen LogP contribution in [0.3, 0.4) is 0 Å². The molecule has 2 aliphatic rings. The molecule has 1 aromatic heterocycles. The summed E-state index contributed by atoms with van der Waals surface area (Å²) >= 11 is 1.76. The van der Waals surface area contributed by atoms with Crippen LogP contribution < -0.4 is 0 Å². The first-order valence-corrected chi connectivity index (χ1v) is 9.07. The first kappa shape index (κ1) is 16.3. The van der Waals surface area contributed by atoms with Crippen molar-refractivity contribution in [2.45, 2.75) is 58.2 Å². The summed E-state index contributed by atoms with van der Waals surface area (Å²) in [5, 5.41) is 2.08. The Balaban J connectivity index is 1.68. The van der Waals surface area contributed by atoms with E-state index in [2.05, 4.69) is 11.4 Å². The summed E-state index contributed by atoms with van der Waals surface area (Å²) in [5.41, 5.74) is 0.709. The van der Waals surface area contributed by atoms with E-state index in [-0.39, 0.29) is 18.0 Å². The monoisotopic (exact) mass is 336 g/mol. The van der Waals surface area contributed by atoms with Crippen molar-refractivity contribution < 1.29 is 14.3 Å². The normalized spacial score (nSPS) is 21.3. The lowest BCUT2D eigenvalue weighted by Crippen LogP contribution is -2.50. The Morgan fingerprint density at radius 1 is 1.30 bits per heavy atom. The van der Waals surface area contributed by atoms with Crippen molar-refractivity contribution in [1.82, 2.24) is 9.80 Å². The number of thiophene rings is 1. The highest BCUT2D eigenvalue weighted by molar-refractivity contribution is 7.10. The molecule has 0 spiro atoms. The van der Waals surface area contributed by atoms with E-state index in [9.17, 15) is 9.59 Å². The second-order valence-corrected chi connectivity index (χ2v) is 8.21. The van der Waals surface area contributed by atoms with Gasteiger partial charge in [-0.3, -0.25) is 9.69 Å². The Morgan fingerprint density at radius 3 is 2.83 bits per heavy atom. The van der Waals surface area contributed by atoms with Gasteiger partial charge in [-0.1, -0.05) is 0 Å². The van der Waals surface area contributed by atoms with Gasteiger partial charge in [-0.25, -0.2) is 4.79 Å². The average Bonchev–Trinajstić information content (AvgIpc) is 3.12. The molecule has 6 heteroatoms. The molecular weight excluding hydrogens is 312 g/mol. The van der Waals surface area contributed by atoms with Crippen LogP contribution in [-0.2, 0) is 22.5 Å². The zero-order chi connectivity index (χ0) is 16.6. The van der Waals surface area contributed by atoms with Gasteiger partial charge in [0.25, 0.3) is 0 Å². The molecule has 0 bridgehead atoms. The van der Waals surface area contributed by atoms with E-state index in [4.69, 9.17) is 4.74 Å².